The van der Waals surface area contributed by atoms with Crippen LogP contribution in [0.4, 0.5) is 0 Å². The van der Waals surface area contributed by atoms with Crippen molar-refractivity contribution >= 4 is 47.3 Å². The quantitative estimate of drug-likeness (QED) is 0.101. The van der Waals surface area contributed by atoms with Gasteiger partial charge < -0.3 is 44.0 Å². The Bertz CT molecular complexity index is 2510. The van der Waals surface area contributed by atoms with E-state index in [0.717, 1.165) is 20.8 Å². The summed E-state index contributed by atoms with van der Waals surface area (Å²) in [6.45, 7) is 8.75. The Labute approximate surface area is 386 Å². The molecule has 3 fully saturated rings. The molecule has 3 aromatic carbocycles. The number of hydrogen-bond acceptors (Lipinski definition) is 16. The third-order valence-electron chi connectivity index (χ3n) is 14.0. The first-order chi connectivity index (χ1) is 31.6. The Hall–Kier alpha value is -6.56. The van der Waals surface area contributed by atoms with Crippen LogP contribution in [-0.2, 0) is 57.2 Å². The van der Waals surface area contributed by atoms with E-state index in [4.69, 9.17) is 28.4 Å². The van der Waals surface area contributed by atoms with Gasteiger partial charge in [-0.2, -0.15) is 0 Å². The standard InChI is InChI=1S/C50H53NO16/c1-26-33(64-46(60)39(65-44(58)31-19-13-9-14-20-31)37(51-43(57)27(2)52)30-17-11-8-12-18-30)24-50(61)42(66-45(59)32-21-15-10-16-22-32)40-48(7,34(55)23-35-49(40,25-62-35)67-29(4)54)41(56)38(63-28(3)53)36(26)47(50,5)6/h8-22,33-35,37-40,42,55,61H,23-25H2,1-7H3,(H,51,57)/t33-,34-,35+,37-,38+,39+,40-,42-,48+,49-,50?/m0/s1. The molecule has 0 radical (unpaired) electrons. The largest absolute Gasteiger partial charge is 0.455 e. The minimum atomic E-state index is -2.48. The van der Waals surface area contributed by atoms with Crippen LogP contribution in [0.2, 0.25) is 0 Å². The maximum atomic E-state index is 15.6. The zero-order chi connectivity index (χ0) is 48.8. The van der Waals surface area contributed by atoms with E-state index in [-0.39, 0.29) is 40.9 Å². The van der Waals surface area contributed by atoms with Gasteiger partial charge in [0.05, 0.1) is 35.2 Å². The molecule has 17 heteroatoms. The summed E-state index contributed by atoms with van der Waals surface area (Å²) >= 11 is 0. The molecule has 4 aliphatic rings. The van der Waals surface area contributed by atoms with Crippen molar-refractivity contribution in [3.05, 3.63) is 119 Å². The number of benzene rings is 3. The van der Waals surface area contributed by atoms with Gasteiger partial charge in [-0.15, -0.1) is 0 Å². The lowest BCUT2D eigenvalue weighted by Crippen LogP contribution is -2.82. The number of aliphatic hydroxyl groups excluding tert-OH is 1. The smallest absolute Gasteiger partial charge is 0.350 e. The van der Waals surface area contributed by atoms with E-state index in [1.165, 1.54) is 64.1 Å². The number of ketones is 2. The predicted molar refractivity (Wildman–Crippen MR) is 232 cm³/mol. The van der Waals surface area contributed by atoms with Gasteiger partial charge in [0.2, 0.25) is 11.9 Å². The Morgan fingerprint density at radius 1 is 0.776 bits per heavy atom. The average molecular weight is 924 g/mol. The number of carbonyl (C=O) groups is 8. The molecule has 0 aromatic heterocycles. The fraction of sp³-hybridized carbons (Fsp3) is 0.440. The number of hydrogen-bond donors (Lipinski definition) is 3. The second kappa shape index (κ2) is 18.3. The SMILES string of the molecule is CC(=O)O[C@H]1C(=O)[C@@]2(C)[C@H]([C@H](OC(=O)c3ccccc3)C3(O)C[C@H](OC(=O)[C@H](OC(=O)c4ccccc4)[C@@H](NC(=O)C(C)=O)c4ccccc4)C(C)=C1C3(C)C)[C@]1(OC(C)=O)CO[C@@H]1C[C@@H]2O. The van der Waals surface area contributed by atoms with Gasteiger partial charge >= 0.3 is 29.8 Å². The third-order valence-corrected chi connectivity index (χ3v) is 14.0. The second-order valence-electron chi connectivity index (χ2n) is 18.3. The normalized spacial score (nSPS) is 30.2. The Morgan fingerprint density at radius 2 is 1.34 bits per heavy atom. The van der Waals surface area contributed by atoms with Crippen LogP contribution in [0, 0.1) is 16.7 Å². The molecule has 1 aliphatic heterocycles. The lowest BCUT2D eigenvalue weighted by atomic mass is 9.44. The minimum Gasteiger partial charge on any atom is -0.455 e. The van der Waals surface area contributed by atoms with Crippen molar-refractivity contribution < 1.29 is 77.0 Å². The van der Waals surface area contributed by atoms with Crippen LogP contribution >= 0.6 is 0 Å². The average Bonchev–Trinajstić information content (AvgIpc) is 3.28. The van der Waals surface area contributed by atoms with E-state index < -0.39 is 124 Å². The van der Waals surface area contributed by atoms with Crippen molar-refractivity contribution in [2.75, 3.05) is 6.61 Å². The van der Waals surface area contributed by atoms with Crippen molar-refractivity contribution in [1.82, 2.24) is 5.32 Å². The Kier molecular flexibility index (Phi) is 13.2. The first-order valence-corrected chi connectivity index (χ1v) is 21.8. The summed E-state index contributed by atoms with van der Waals surface area (Å²) in [5, 5.41) is 28.5. The van der Waals surface area contributed by atoms with Crippen molar-refractivity contribution in [2.24, 2.45) is 16.7 Å². The highest BCUT2D eigenvalue weighted by Gasteiger charge is 2.78. The number of carbonyl (C=O) groups excluding carboxylic acids is 8. The molecule has 67 heavy (non-hydrogen) atoms. The van der Waals surface area contributed by atoms with Crippen molar-refractivity contribution in [3.63, 3.8) is 0 Å². The second-order valence-corrected chi connectivity index (χ2v) is 18.3. The van der Waals surface area contributed by atoms with Crippen molar-refractivity contribution in [1.29, 1.82) is 0 Å². The molecule has 0 spiro atoms. The predicted octanol–water partition coefficient (Wildman–Crippen LogP) is 3.88. The van der Waals surface area contributed by atoms with Crippen LogP contribution in [-0.4, -0.2) is 112 Å². The molecule has 3 N–H and O–H groups in total. The zero-order valence-electron chi connectivity index (χ0n) is 38.0. The summed E-state index contributed by atoms with van der Waals surface area (Å²) in [6.07, 6.45) is -11.0. The van der Waals surface area contributed by atoms with Gasteiger partial charge in [-0.05, 0) is 54.8 Å². The molecule has 1 saturated heterocycles. The highest BCUT2D eigenvalue weighted by atomic mass is 16.6. The van der Waals surface area contributed by atoms with Gasteiger partial charge in [0, 0.05) is 39.0 Å². The van der Waals surface area contributed by atoms with Crippen LogP contribution in [0.3, 0.4) is 0 Å². The highest BCUT2D eigenvalue weighted by Crippen LogP contribution is 2.64. The van der Waals surface area contributed by atoms with Crippen LogP contribution < -0.4 is 5.32 Å². The third kappa shape index (κ3) is 8.44. The van der Waals surface area contributed by atoms with Crippen LogP contribution in [0.5, 0.6) is 0 Å². The molecule has 7 rings (SSSR count). The number of ether oxygens (including phenoxy) is 6. The fourth-order valence-corrected chi connectivity index (χ4v) is 10.5. The van der Waals surface area contributed by atoms with Crippen LogP contribution in [0.25, 0.3) is 0 Å². The maximum absolute atomic E-state index is 15.6. The Balaban J connectivity index is 1.44. The van der Waals surface area contributed by atoms with E-state index in [1.54, 1.807) is 54.6 Å². The number of fused-ring (bicyclic) bond motifs is 5. The van der Waals surface area contributed by atoms with Gasteiger partial charge in [0.25, 0.3) is 5.91 Å². The molecule has 354 valence electrons. The molecule has 3 aromatic rings. The maximum Gasteiger partial charge on any atom is 0.350 e. The monoisotopic (exact) mass is 923 g/mol. The van der Waals surface area contributed by atoms with Gasteiger partial charge in [0.1, 0.15) is 30.0 Å². The number of aliphatic hydroxyl groups is 2. The zero-order valence-corrected chi connectivity index (χ0v) is 38.0. The van der Waals surface area contributed by atoms with Crippen LogP contribution in [0.1, 0.15) is 93.6 Å². The van der Waals surface area contributed by atoms with E-state index in [2.05, 4.69) is 5.32 Å². The molecule has 3 aliphatic carbocycles. The van der Waals surface area contributed by atoms with Crippen LogP contribution in [0.15, 0.2) is 102 Å². The van der Waals surface area contributed by atoms with Gasteiger partial charge in [-0.3, -0.25) is 24.0 Å². The molecular weight excluding hydrogens is 871 g/mol. The summed E-state index contributed by atoms with van der Waals surface area (Å²) < 4.78 is 36.4. The van der Waals surface area contributed by atoms with E-state index in [0.29, 0.717) is 0 Å². The number of nitrogens with one attached hydrogen (secondary N) is 1. The first-order valence-electron chi connectivity index (χ1n) is 21.8. The van der Waals surface area contributed by atoms with Gasteiger partial charge in [-0.1, -0.05) is 80.6 Å². The van der Waals surface area contributed by atoms with Crippen molar-refractivity contribution in [2.45, 2.75) is 115 Å². The molecule has 2 saturated carbocycles. The summed E-state index contributed by atoms with van der Waals surface area (Å²) in [5.74, 6) is -9.60. The highest BCUT2D eigenvalue weighted by molar-refractivity contribution is 6.35. The number of esters is 5. The van der Waals surface area contributed by atoms with E-state index >= 15 is 9.59 Å². The molecule has 1 amide bonds. The lowest BCUT2D eigenvalue weighted by Gasteiger charge is -2.67. The van der Waals surface area contributed by atoms with Gasteiger partial charge in [0.15, 0.2) is 17.5 Å². The number of rotatable bonds is 12. The fourth-order valence-electron chi connectivity index (χ4n) is 10.5. The minimum absolute atomic E-state index is 0.0165. The molecular formula is C50H53NO16. The Morgan fingerprint density at radius 3 is 1.87 bits per heavy atom. The summed E-state index contributed by atoms with van der Waals surface area (Å²) in [5.41, 5.74) is -7.86. The molecule has 11 atom stereocenters. The molecule has 2 bridgehead atoms. The van der Waals surface area contributed by atoms with Crippen molar-refractivity contribution in [3.8, 4) is 0 Å². The topological polar surface area (TPSA) is 244 Å². The summed E-state index contributed by atoms with van der Waals surface area (Å²) in [6, 6.07) is 21.7. The number of Topliss-reactive ketones (excluding diaryl/α,β-unsaturated/α-hetero) is 2. The van der Waals surface area contributed by atoms with E-state index in [9.17, 15) is 39.0 Å². The molecule has 1 heterocycles. The van der Waals surface area contributed by atoms with E-state index in [1.807, 2.05) is 0 Å². The molecule has 1 unspecified atom stereocenters. The van der Waals surface area contributed by atoms with Gasteiger partial charge in [-0.25, -0.2) is 14.4 Å². The lowest BCUT2D eigenvalue weighted by molar-refractivity contribution is -0.346. The first kappa shape index (κ1) is 48.4. The number of amides is 1. The summed E-state index contributed by atoms with van der Waals surface area (Å²) in [7, 11) is 0. The molecule has 17 nitrogen and oxygen atoms in total. The summed E-state index contributed by atoms with van der Waals surface area (Å²) in [4.78, 5) is 110.